The SMILES string of the molecule is CSC1=C(C#N)[C@@H](c2ccco2)CC(=O)N1. The van der Waals surface area contributed by atoms with Crippen LogP contribution in [-0.2, 0) is 4.79 Å². The predicted octanol–water partition coefficient (Wildman–Crippen LogP) is 1.98. The molecule has 1 amide bonds. The number of hydrogen-bond donors (Lipinski definition) is 1. The molecular formula is C11H10N2O2S. The Kier molecular flexibility index (Phi) is 3.02. The van der Waals surface area contributed by atoms with Crippen molar-refractivity contribution in [3.63, 3.8) is 0 Å². The van der Waals surface area contributed by atoms with Gasteiger partial charge in [-0.2, -0.15) is 5.26 Å². The molecule has 0 aliphatic carbocycles. The normalized spacial score (nSPS) is 20.5. The van der Waals surface area contributed by atoms with Crippen LogP contribution in [0.15, 0.2) is 33.4 Å². The molecule has 0 aromatic carbocycles. The van der Waals surface area contributed by atoms with Crippen molar-refractivity contribution in [1.82, 2.24) is 5.32 Å². The summed E-state index contributed by atoms with van der Waals surface area (Å²) in [6, 6.07) is 5.70. The molecule has 0 spiro atoms. The number of carbonyl (C=O) groups excluding carboxylic acids is 1. The molecule has 1 aliphatic heterocycles. The van der Waals surface area contributed by atoms with E-state index in [0.29, 0.717) is 16.4 Å². The molecule has 1 atom stereocenters. The van der Waals surface area contributed by atoms with Crippen molar-refractivity contribution in [2.75, 3.05) is 6.26 Å². The van der Waals surface area contributed by atoms with Crippen molar-refractivity contribution in [2.24, 2.45) is 0 Å². The first-order valence-corrected chi connectivity index (χ1v) is 6.00. The maximum atomic E-state index is 11.5. The molecule has 0 radical (unpaired) electrons. The zero-order valence-electron chi connectivity index (χ0n) is 8.69. The lowest BCUT2D eigenvalue weighted by Gasteiger charge is -2.22. The van der Waals surface area contributed by atoms with Gasteiger partial charge in [-0.15, -0.1) is 11.8 Å². The highest BCUT2D eigenvalue weighted by atomic mass is 32.2. The third-order valence-corrected chi connectivity index (χ3v) is 3.18. The van der Waals surface area contributed by atoms with Gasteiger partial charge in [0, 0.05) is 6.42 Å². The fourth-order valence-corrected chi connectivity index (χ4v) is 2.34. The highest BCUT2D eigenvalue weighted by molar-refractivity contribution is 8.02. The molecule has 82 valence electrons. The maximum Gasteiger partial charge on any atom is 0.225 e. The van der Waals surface area contributed by atoms with Gasteiger partial charge in [0.15, 0.2) is 0 Å². The van der Waals surface area contributed by atoms with E-state index >= 15 is 0 Å². The summed E-state index contributed by atoms with van der Waals surface area (Å²) in [7, 11) is 0. The average Bonchev–Trinajstić information content (AvgIpc) is 2.81. The summed E-state index contributed by atoms with van der Waals surface area (Å²) in [6.07, 6.45) is 3.65. The van der Waals surface area contributed by atoms with Gasteiger partial charge in [-0.1, -0.05) is 0 Å². The Morgan fingerprint density at radius 1 is 1.69 bits per heavy atom. The Bertz CT molecular complexity index is 471. The lowest BCUT2D eigenvalue weighted by molar-refractivity contribution is -0.120. The minimum absolute atomic E-state index is 0.0789. The number of nitrogens with one attached hydrogen (secondary N) is 1. The number of amides is 1. The molecule has 0 saturated carbocycles. The van der Waals surface area contributed by atoms with Crippen LogP contribution in [0.3, 0.4) is 0 Å². The third kappa shape index (κ3) is 1.84. The first-order chi connectivity index (χ1) is 7.76. The summed E-state index contributed by atoms with van der Waals surface area (Å²) < 4.78 is 5.27. The van der Waals surface area contributed by atoms with Crippen LogP contribution in [0.1, 0.15) is 18.1 Å². The molecule has 4 nitrogen and oxygen atoms in total. The quantitative estimate of drug-likeness (QED) is 0.849. The second kappa shape index (κ2) is 4.45. The summed E-state index contributed by atoms with van der Waals surface area (Å²) in [5, 5.41) is 12.5. The van der Waals surface area contributed by atoms with Crippen LogP contribution in [0.4, 0.5) is 0 Å². The van der Waals surface area contributed by atoms with Crippen molar-refractivity contribution < 1.29 is 9.21 Å². The van der Waals surface area contributed by atoms with Crippen molar-refractivity contribution in [1.29, 1.82) is 5.26 Å². The van der Waals surface area contributed by atoms with E-state index in [2.05, 4.69) is 11.4 Å². The number of nitrogens with zero attached hydrogens (tertiary/aromatic N) is 1. The zero-order chi connectivity index (χ0) is 11.5. The summed E-state index contributed by atoms with van der Waals surface area (Å²) in [6.45, 7) is 0. The third-order valence-electron chi connectivity index (χ3n) is 2.45. The Balaban J connectivity index is 2.44. The molecule has 1 aliphatic rings. The van der Waals surface area contributed by atoms with E-state index < -0.39 is 0 Å². The smallest absolute Gasteiger partial charge is 0.225 e. The zero-order valence-corrected chi connectivity index (χ0v) is 9.50. The molecule has 0 saturated heterocycles. The van der Waals surface area contributed by atoms with Crippen LogP contribution >= 0.6 is 11.8 Å². The van der Waals surface area contributed by atoms with Gasteiger partial charge >= 0.3 is 0 Å². The molecule has 1 aromatic heterocycles. The van der Waals surface area contributed by atoms with Gasteiger partial charge < -0.3 is 9.73 Å². The molecule has 1 N–H and O–H groups in total. The number of carbonyl (C=O) groups is 1. The van der Waals surface area contributed by atoms with Gasteiger partial charge in [0.1, 0.15) is 5.76 Å². The predicted molar refractivity (Wildman–Crippen MR) is 60.4 cm³/mol. The first kappa shape index (κ1) is 10.8. The van der Waals surface area contributed by atoms with Crippen LogP contribution in [0, 0.1) is 11.3 Å². The molecule has 1 aromatic rings. The Hall–Kier alpha value is -1.67. The van der Waals surface area contributed by atoms with E-state index in [1.807, 2.05) is 6.26 Å². The van der Waals surface area contributed by atoms with Gasteiger partial charge in [-0.3, -0.25) is 4.79 Å². The topological polar surface area (TPSA) is 66.0 Å². The summed E-state index contributed by atoms with van der Waals surface area (Å²) in [5.74, 6) is 0.332. The number of furan rings is 1. The van der Waals surface area contributed by atoms with Crippen LogP contribution in [-0.4, -0.2) is 12.2 Å². The largest absolute Gasteiger partial charge is 0.469 e. The van der Waals surface area contributed by atoms with Crippen molar-refractivity contribution >= 4 is 17.7 Å². The fourth-order valence-electron chi connectivity index (χ4n) is 1.71. The van der Waals surface area contributed by atoms with E-state index in [1.54, 1.807) is 18.4 Å². The Morgan fingerprint density at radius 2 is 2.50 bits per heavy atom. The monoisotopic (exact) mass is 234 g/mol. The van der Waals surface area contributed by atoms with Crippen molar-refractivity contribution in [3.05, 3.63) is 34.8 Å². The molecule has 0 bridgehead atoms. The minimum Gasteiger partial charge on any atom is -0.469 e. The number of allylic oxidation sites excluding steroid dienone is 1. The van der Waals surface area contributed by atoms with E-state index in [-0.39, 0.29) is 18.2 Å². The Morgan fingerprint density at radius 3 is 3.06 bits per heavy atom. The van der Waals surface area contributed by atoms with E-state index in [1.165, 1.54) is 11.8 Å². The highest BCUT2D eigenvalue weighted by Crippen LogP contribution is 2.35. The van der Waals surface area contributed by atoms with Crippen molar-refractivity contribution in [2.45, 2.75) is 12.3 Å². The lowest BCUT2D eigenvalue weighted by Crippen LogP contribution is -2.30. The van der Waals surface area contributed by atoms with Gasteiger partial charge in [-0.25, -0.2) is 0 Å². The van der Waals surface area contributed by atoms with Crippen LogP contribution in [0.5, 0.6) is 0 Å². The summed E-state index contributed by atoms with van der Waals surface area (Å²) in [5.41, 5.74) is 0.571. The summed E-state index contributed by atoms with van der Waals surface area (Å²) in [4.78, 5) is 11.5. The minimum atomic E-state index is -0.254. The molecule has 2 rings (SSSR count). The summed E-state index contributed by atoms with van der Waals surface area (Å²) >= 11 is 1.37. The molecule has 5 heteroatoms. The number of thioether (sulfide) groups is 1. The average molecular weight is 234 g/mol. The molecular weight excluding hydrogens is 224 g/mol. The molecule has 0 fully saturated rings. The van der Waals surface area contributed by atoms with Gasteiger partial charge in [0.25, 0.3) is 0 Å². The van der Waals surface area contributed by atoms with Crippen LogP contribution in [0.2, 0.25) is 0 Å². The highest BCUT2D eigenvalue weighted by Gasteiger charge is 2.30. The second-order valence-electron chi connectivity index (χ2n) is 3.38. The van der Waals surface area contributed by atoms with Gasteiger partial charge in [0.2, 0.25) is 5.91 Å². The number of rotatable bonds is 2. The van der Waals surface area contributed by atoms with Crippen LogP contribution in [0.25, 0.3) is 0 Å². The Labute approximate surface area is 97.3 Å². The van der Waals surface area contributed by atoms with E-state index in [0.717, 1.165) is 0 Å². The fraction of sp³-hybridized carbons (Fsp3) is 0.273. The molecule has 2 heterocycles. The van der Waals surface area contributed by atoms with Gasteiger partial charge in [-0.05, 0) is 18.4 Å². The number of hydrogen-bond acceptors (Lipinski definition) is 4. The number of nitriles is 1. The van der Waals surface area contributed by atoms with Crippen molar-refractivity contribution in [3.8, 4) is 6.07 Å². The lowest BCUT2D eigenvalue weighted by atomic mass is 9.92. The van der Waals surface area contributed by atoms with Crippen LogP contribution < -0.4 is 5.32 Å². The van der Waals surface area contributed by atoms with E-state index in [9.17, 15) is 4.79 Å². The second-order valence-corrected chi connectivity index (χ2v) is 4.20. The molecule has 0 unspecified atom stereocenters. The first-order valence-electron chi connectivity index (χ1n) is 4.77. The van der Waals surface area contributed by atoms with E-state index in [4.69, 9.17) is 9.68 Å². The molecule has 16 heavy (non-hydrogen) atoms. The van der Waals surface area contributed by atoms with Gasteiger partial charge in [0.05, 0.1) is 28.9 Å². The maximum absolute atomic E-state index is 11.5. The standard InChI is InChI=1S/C11H10N2O2S/c1-16-11-8(6-12)7(5-10(14)13-11)9-3-2-4-15-9/h2-4,7H,5H2,1H3,(H,13,14)/t7-/m0/s1.